The number of carbonyl (C=O) groups is 1. The van der Waals surface area contributed by atoms with Gasteiger partial charge >= 0.3 is 0 Å². The fourth-order valence-electron chi connectivity index (χ4n) is 3.08. The topological polar surface area (TPSA) is 69.7 Å². The van der Waals surface area contributed by atoms with E-state index in [1.165, 1.54) is 11.3 Å². The third-order valence-corrected chi connectivity index (χ3v) is 5.33. The molecule has 7 heteroatoms. The predicted molar refractivity (Wildman–Crippen MR) is 108 cm³/mol. The van der Waals surface area contributed by atoms with Crippen molar-refractivity contribution in [3.05, 3.63) is 52.4 Å². The standard InChI is InChI=1S/C21H20N2O4S/c1-12-5-4-6-13(2)20(12)25-10-18(24)22-21-23-19(14(3)28-21)15-7-8-16-17(9-15)27-11-26-16/h4-9H,10-11H2,1-3H3,(H,22,23,24). The summed E-state index contributed by atoms with van der Waals surface area (Å²) in [4.78, 5) is 17.9. The van der Waals surface area contributed by atoms with Crippen LogP contribution in [0, 0.1) is 20.8 Å². The van der Waals surface area contributed by atoms with Crippen molar-refractivity contribution in [3.8, 4) is 28.5 Å². The van der Waals surface area contributed by atoms with Gasteiger partial charge in [-0.15, -0.1) is 11.3 Å². The average molecular weight is 396 g/mol. The van der Waals surface area contributed by atoms with Crippen molar-refractivity contribution in [1.82, 2.24) is 4.98 Å². The summed E-state index contributed by atoms with van der Waals surface area (Å²) in [5, 5.41) is 3.36. The summed E-state index contributed by atoms with van der Waals surface area (Å²) in [7, 11) is 0. The lowest BCUT2D eigenvalue weighted by atomic mass is 10.1. The van der Waals surface area contributed by atoms with Crippen LogP contribution in [0.4, 0.5) is 5.13 Å². The Bertz CT molecular complexity index is 1020. The molecule has 0 saturated heterocycles. The largest absolute Gasteiger partial charge is 0.483 e. The van der Waals surface area contributed by atoms with E-state index < -0.39 is 0 Å². The summed E-state index contributed by atoms with van der Waals surface area (Å²) >= 11 is 1.43. The Balaban J connectivity index is 1.44. The maximum atomic E-state index is 12.3. The molecule has 1 amide bonds. The van der Waals surface area contributed by atoms with E-state index in [4.69, 9.17) is 14.2 Å². The number of hydrogen-bond acceptors (Lipinski definition) is 6. The van der Waals surface area contributed by atoms with Gasteiger partial charge in [0.25, 0.3) is 5.91 Å². The molecule has 0 unspecified atom stereocenters. The number of carbonyl (C=O) groups excluding carboxylic acids is 1. The molecule has 144 valence electrons. The van der Waals surface area contributed by atoms with Gasteiger partial charge in [0.1, 0.15) is 5.75 Å². The molecule has 0 fully saturated rings. The monoisotopic (exact) mass is 396 g/mol. The molecule has 0 bridgehead atoms. The Kier molecular flexibility index (Phi) is 4.92. The number of fused-ring (bicyclic) bond motifs is 1. The fraction of sp³-hybridized carbons (Fsp3) is 0.238. The van der Waals surface area contributed by atoms with Gasteiger partial charge in [0, 0.05) is 10.4 Å². The summed E-state index contributed by atoms with van der Waals surface area (Å²) in [6, 6.07) is 11.6. The highest BCUT2D eigenvalue weighted by Gasteiger charge is 2.18. The van der Waals surface area contributed by atoms with Gasteiger partial charge in [-0.05, 0) is 50.1 Å². The van der Waals surface area contributed by atoms with Gasteiger partial charge in [-0.25, -0.2) is 4.98 Å². The number of aryl methyl sites for hydroxylation is 3. The van der Waals surface area contributed by atoms with Crippen LogP contribution < -0.4 is 19.5 Å². The number of rotatable bonds is 5. The van der Waals surface area contributed by atoms with Gasteiger partial charge in [-0.3, -0.25) is 10.1 Å². The predicted octanol–water partition coefficient (Wildman–Crippen LogP) is 4.48. The molecule has 1 aliphatic rings. The van der Waals surface area contributed by atoms with E-state index in [1.54, 1.807) is 0 Å². The van der Waals surface area contributed by atoms with Crippen molar-refractivity contribution < 1.29 is 19.0 Å². The molecule has 0 saturated carbocycles. The van der Waals surface area contributed by atoms with E-state index in [2.05, 4.69) is 10.3 Å². The second-order valence-corrected chi connectivity index (χ2v) is 7.75. The van der Waals surface area contributed by atoms with Crippen molar-refractivity contribution in [1.29, 1.82) is 0 Å². The van der Waals surface area contributed by atoms with Crippen molar-refractivity contribution in [3.63, 3.8) is 0 Å². The molecule has 2 heterocycles. The van der Waals surface area contributed by atoms with Crippen LogP contribution in [0.5, 0.6) is 17.2 Å². The average Bonchev–Trinajstić information content (AvgIpc) is 3.26. The Morgan fingerprint density at radius 3 is 2.68 bits per heavy atom. The second kappa shape index (κ2) is 7.52. The van der Waals surface area contributed by atoms with Gasteiger partial charge in [-0.1, -0.05) is 18.2 Å². The molecule has 3 aromatic rings. The maximum absolute atomic E-state index is 12.3. The molecule has 1 aromatic heterocycles. The van der Waals surface area contributed by atoms with Crippen molar-refractivity contribution >= 4 is 22.4 Å². The van der Waals surface area contributed by atoms with E-state index >= 15 is 0 Å². The van der Waals surface area contributed by atoms with Gasteiger partial charge in [0.15, 0.2) is 23.2 Å². The minimum absolute atomic E-state index is 0.0658. The van der Waals surface area contributed by atoms with Gasteiger partial charge in [0.2, 0.25) is 6.79 Å². The number of nitrogens with zero attached hydrogens (tertiary/aromatic N) is 1. The van der Waals surface area contributed by atoms with Gasteiger partial charge in [-0.2, -0.15) is 0 Å². The van der Waals surface area contributed by atoms with Crippen LogP contribution >= 0.6 is 11.3 Å². The Hall–Kier alpha value is -3.06. The zero-order valence-electron chi connectivity index (χ0n) is 15.9. The smallest absolute Gasteiger partial charge is 0.264 e. The van der Waals surface area contributed by atoms with Crippen molar-refractivity contribution in [2.24, 2.45) is 0 Å². The quantitative estimate of drug-likeness (QED) is 0.689. The molecule has 0 radical (unpaired) electrons. The molecular formula is C21H20N2O4S. The zero-order chi connectivity index (χ0) is 19.7. The molecule has 0 spiro atoms. The van der Waals surface area contributed by atoms with Crippen LogP contribution in [0.2, 0.25) is 0 Å². The number of anilines is 1. The molecule has 1 aliphatic heterocycles. The Morgan fingerprint density at radius 2 is 1.89 bits per heavy atom. The summed E-state index contributed by atoms with van der Waals surface area (Å²) in [5.74, 6) is 1.94. The molecule has 4 rings (SSSR count). The summed E-state index contributed by atoms with van der Waals surface area (Å²) < 4.78 is 16.5. The van der Waals surface area contributed by atoms with Crippen LogP contribution in [0.25, 0.3) is 11.3 Å². The lowest BCUT2D eigenvalue weighted by Gasteiger charge is -2.11. The molecule has 28 heavy (non-hydrogen) atoms. The summed E-state index contributed by atoms with van der Waals surface area (Å²) in [6.45, 7) is 6.06. The lowest BCUT2D eigenvalue weighted by Crippen LogP contribution is -2.20. The number of benzene rings is 2. The molecule has 0 atom stereocenters. The first-order valence-corrected chi connectivity index (χ1v) is 9.69. The lowest BCUT2D eigenvalue weighted by molar-refractivity contribution is -0.118. The summed E-state index contributed by atoms with van der Waals surface area (Å²) in [5.41, 5.74) is 3.74. The van der Waals surface area contributed by atoms with E-state index in [0.717, 1.165) is 38.8 Å². The van der Waals surface area contributed by atoms with E-state index in [-0.39, 0.29) is 19.3 Å². The molecule has 2 aromatic carbocycles. The molecule has 1 N–H and O–H groups in total. The number of nitrogens with one attached hydrogen (secondary N) is 1. The number of aromatic nitrogens is 1. The van der Waals surface area contributed by atoms with Gasteiger partial charge in [0.05, 0.1) is 5.69 Å². The normalized spacial score (nSPS) is 12.1. The number of para-hydroxylation sites is 1. The first-order chi connectivity index (χ1) is 13.5. The maximum Gasteiger partial charge on any atom is 0.264 e. The number of amides is 1. The Labute approximate surface area is 167 Å². The number of ether oxygens (including phenoxy) is 3. The SMILES string of the molecule is Cc1cccc(C)c1OCC(=O)Nc1nc(-c2ccc3c(c2)OCO3)c(C)s1. The molecule has 6 nitrogen and oxygen atoms in total. The van der Waals surface area contributed by atoms with Crippen LogP contribution in [-0.4, -0.2) is 24.3 Å². The van der Waals surface area contributed by atoms with Gasteiger partial charge < -0.3 is 14.2 Å². The second-order valence-electron chi connectivity index (χ2n) is 6.55. The minimum atomic E-state index is -0.242. The van der Waals surface area contributed by atoms with Crippen LogP contribution in [-0.2, 0) is 4.79 Å². The highest BCUT2D eigenvalue weighted by Crippen LogP contribution is 2.38. The number of thiazole rings is 1. The Morgan fingerprint density at radius 1 is 1.14 bits per heavy atom. The highest BCUT2D eigenvalue weighted by molar-refractivity contribution is 7.16. The van der Waals surface area contributed by atoms with E-state index in [0.29, 0.717) is 10.9 Å². The number of hydrogen-bond donors (Lipinski definition) is 1. The van der Waals surface area contributed by atoms with Crippen LogP contribution in [0.3, 0.4) is 0 Å². The zero-order valence-corrected chi connectivity index (χ0v) is 16.7. The minimum Gasteiger partial charge on any atom is -0.483 e. The van der Waals surface area contributed by atoms with Crippen LogP contribution in [0.15, 0.2) is 36.4 Å². The molecular weight excluding hydrogens is 376 g/mol. The van der Waals surface area contributed by atoms with E-state index in [9.17, 15) is 4.79 Å². The van der Waals surface area contributed by atoms with E-state index in [1.807, 2.05) is 57.2 Å². The third kappa shape index (κ3) is 3.66. The van der Waals surface area contributed by atoms with Crippen molar-refractivity contribution in [2.45, 2.75) is 20.8 Å². The summed E-state index contributed by atoms with van der Waals surface area (Å²) in [6.07, 6.45) is 0. The third-order valence-electron chi connectivity index (χ3n) is 4.45. The fourth-order valence-corrected chi connectivity index (χ4v) is 3.93. The first-order valence-electron chi connectivity index (χ1n) is 8.87. The first kappa shape index (κ1) is 18.3. The van der Waals surface area contributed by atoms with Crippen molar-refractivity contribution in [2.75, 3.05) is 18.7 Å². The highest BCUT2D eigenvalue weighted by atomic mass is 32.1. The van der Waals surface area contributed by atoms with Crippen LogP contribution in [0.1, 0.15) is 16.0 Å². The molecule has 0 aliphatic carbocycles.